The van der Waals surface area contributed by atoms with Gasteiger partial charge in [0.2, 0.25) is 11.8 Å². The summed E-state index contributed by atoms with van der Waals surface area (Å²) in [6.45, 7) is 8.17. The number of nitrogens with zero attached hydrogens (tertiary/aromatic N) is 1. The van der Waals surface area contributed by atoms with Crippen LogP contribution in [0.25, 0.3) is 0 Å². The Kier molecular flexibility index (Phi) is 6.75. The lowest BCUT2D eigenvalue weighted by atomic mass is 10.0. The monoisotopic (exact) mass is 409 g/mol. The van der Waals surface area contributed by atoms with Crippen LogP contribution in [0.15, 0.2) is 41.4 Å². The van der Waals surface area contributed by atoms with Gasteiger partial charge in [0, 0.05) is 12.1 Å². The van der Waals surface area contributed by atoms with Gasteiger partial charge in [-0.3, -0.25) is 9.59 Å². The highest BCUT2D eigenvalue weighted by molar-refractivity contribution is 8.15. The molecule has 0 aromatic heterocycles. The van der Waals surface area contributed by atoms with Gasteiger partial charge in [-0.25, -0.2) is 4.99 Å². The SMILES string of the molecule is CCc1cccc(CC)c1N=C1NC(=O)[C@H](CC(=O)Nc2ccc(C)cc2C)S1. The summed E-state index contributed by atoms with van der Waals surface area (Å²) in [5.41, 5.74) is 6.17. The average molecular weight is 410 g/mol. The van der Waals surface area contributed by atoms with E-state index in [0.29, 0.717) is 5.17 Å². The minimum absolute atomic E-state index is 0.110. The normalized spacial score (nSPS) is 17.4. The molecule has 3 rings (SSSR count). The Morgan fingerprint density at radius 2 is 1.83 bits per heavy atom. The van der Waals surface area contributed by atoms with Crippen LogP contribution in [0.5, 0.6) is 0 Å². The number of aryl methyl sites for hydroxylation is 4. The van der Waals surface area contributed by atoms with Crippen LogP contribution in [0.3, 0.4) is 0 Å². The number of hydrogen-bond donors (Lipinski definition) is 2. The van der Waals surface area contributed by atoms with E-state index in [4.69, 9.17) is 4.99 Å². The molecule has 152 valence electrons. The van der Waals surface area contributed by atoms with Crippen molar-refractivity contribution in [1.29, 1.82) is 0 Å². The zero-order valence-corrected chi connectivity index (χ0v) is 18.2. The summed E-state index contributed by atoms with van der Waals surface area (Å²) >= 11 is 1.33. The molecule has 0 bridgehead atoms. The molecule has 29 heavy (non-hydrogen) atoms. The standard InChI is InChI=1S/C23H27N3O2S/c1-5-16-8-7-9-17(6-2)21(16)25-23-26-22(28)19(29-23)13-20(27)24-18-11-10-14(3)12-15(18)4/h7-12,19H,5-6,13H2,1-4H3,(H,24,27)(H,25,26,28)/t19-/m0/s1. The van der Waals surface area contributed by atoms with Crippen LogP contribution in [0.4, 0.5) is 11.4 Å². The van der Waals surface area contributed by atoms with Crippen LogP contribution in [-0.2, 0) is 22.4 Å². The molecule has 0 saturated carbocycles. The minimum atomic E-state index is -0.474. The van der Waals surface area contributed by atoms with Crippen molar-refractivity contribution in [2.24, 2.45) is 4.99 Å². The fraction of sp³-hybridized carbons (Fsp3) is 0.348. The van der Waals surface area contributed by atoms with E-state index in [1.165, 1.54) is 11.8 Å². The van der Waals surface area contributed by atoms with Crippen molar-refractivity contribution in [3.8, 4) is 0 Å². The minimum Gasteiger partial charge on any atom is -0.326 e. The Morgan fingerprint density at radius 1 is 1.14 bits per heavy atom. The lowest BCUT2D eigenvalue weighted by Crippen LogP contribution is -2.28. The first kappa shape index (κ1) is 21.1. The molecule has 1 aliphatic rings. The van der Waals surface area contributed by atoms with Crippen LogP contribution >= 0.6 is 11.8 Å². The first-order valence-corrected chi connectivity index (χ1v) is 10.8. The fourth-order valence-electron chi connectivity index (χ4n) is 3.38. The molecule has 0 radical (unpaired) electrons. The van der Waals surface area contributed by atoms with E-state index >= 15 is 0 Å². The number of amides is 2. The van der Waals surface area contributed by atoms with Gasteiger partial charge in [-0.2, -0.15) is 0 Å². The van der Waals surface area contributed by atoms with Gasteiger partial charge in [0.05, 0.1) is 5.69 Å². The van der Waals surface area contributed by atoms with Crippen molar-refractivity contribution in [1.82, 2.24) is 5.32 Å². The molecule has 1 atom stereocenters. The second kappa shape index (κ2) is 9.27. The van der Waals surface area contributed by atoms with Gasteiger partial charge in [-0.15, -0.1) is 0 Å². The predicted molar refractivity (Wildman–Crippen MR) is 121 cm³/mol. The zero-order valence-electron chi connectivity index (χ0n) is 17.3. The van der Waals surface area contributed by atoms with Crippen molar-refractivity contribution in [2.45, 2.75) is 52.2 Å². The second-order valence-corrected chi connectivity index (χ2v) is 8.41. The topological polar surface area (TPSA) is 70.6 Å². The lowest BCUT2D eigenvalue weighted by Gasteiger charge is -2.10. The number of benzene rings is 2. The average Bonchev–Trinajstić information content (AvgIpc) is 3.03. The lowest BCUT2D eigenvalue weighted by molar-refractivity contribution is -0.122. The number of anilines is 1. The number of aliphatic imine (C=N–C) groups is 1. The number of hydrogen-bond acceptors (Lipinski definition) is 4. The molecule has 2 aromatic carbocycles. The van der Waals surface area contributed by atoms with Crippen molar-refractivity contribution < 1.29 is 9.59 Å². The summed E-state index contributed by atoms with van der Waals surface area (Å²) in [4.78, 5) is 29.6. The van der Waals surface area contributed by atoms with E-state index in [1.54, 1.807) is 0 Å². The van der Waals surface area contributed by atoms with Crippen molar-refractivity contribution in [3.63, 3.8) is 0 Å². The summed E-state index contributed by atoms with van der Waals surface area (Å²) in [5.74, 6) is -0.342. The van der Waals surface area contributed by atoms with Crippen LogP contribution < -0.4 is 10.6 Å². The Morgan fingerprint density at radius 3 is 2.45 bits per heavy atom. The predicted octanol–water partition coefficient (Wildman–Crippen LogP) is 4.68. The number of thioether (sulfide) groups is 1. The van der Waals surface area contributed by atoms with Crippen LogP contribution in [0.2, 0.25) is 0 Å². The van der Waals surface area contributed by atoms with E-state index in [1.807, 2.05) is 38.1 Å². The first-order valence-electron chi connectivity index (χ1n) is 9.95. The maximum absolute atomic E-state index is 12.5. The highest BCUT2D eigenvalue weighted by Gasteiger charge is 2.32. The van der Waals surface area contributed by atoms with Gasteiger partial charge in [-0.05, 0) is 49.4 Å². The maximum Gasteiger partial charge on any atom is 0.240 e. The Hall–Kier alpha value is -2.60. The smallest absolute Gasteiger partial charge is 0.240 e. The van der Waals surface area contributed by atoms with E-state index in [2.05, 4.69) is 36.6 Å². The highest BCUT2D eigenvalue weighted by atomic mass is 32.2. The van der Waals surface area contributed by atoms with Gasteiger partial charge in [0.25, 0.3) is 0 Å². The maximum atomic E-state index is 12.5. The molecule has 1 aliphatic heterocycles. The molecule has 1 heterocycles. The summed E-state index contributed by atoms with van der Waals surface area (Å²) < 4.78 is 0. The third kappa shape index (κ3) is 5.07. The molecule has 0 aliphatic carbocycles. The number of carbonyl (C=O) groups excluding carboxylic acids is 2. The zero-order chi connectivity index (χ0) is 21.0. The summed E-state index contributed by atoms with van der Waals surface area (Å²) in [5, 5.41) is 5.84. The molecule has 0 unspecified atom stereocenters. The van der Waals surface area contributed by atoms with Gasteiger partial charge in [0.15, 0.2) is 5.17 Å². The molecule has 0 spiro atoms. The Bertz CT molecular complexity index is 946. The number of rotatable bonds is 6. The number of carbonyl (C=O) groups is 2. The highest BCUT2D eigenvalue weighted by Crippen LogP contribution is 2.30. The van der Waals surface area contributed by atoms with E-state index < -0.39 is 5.25 Å². The third-order valence-electron chi connectivity index (χ3n) is 4.98. The quantitative estimate of drug-likeness (QED) is 0.728. The van der Waals surface area contributed by atoms with Crippen LogP contribution in [0.1, 0.15) is 42.5 Å². The number of para-hydroxylation sites is 1. The molecular formula is C23H27N3O2S. The molecule has 6 heteroatoms. The van der Waals surface area contributed by atoms with Gasteiger partial charge >= 0.3 is 0 Å². The molecule has 2 N–H and O–H groups in total. The molecule has 1 saturated heterocycles. The van der Waals surface area contributed by atoms with Gasteiger partial charge in [0.1, 0.15) is 5.25 Å². The Labute approximate surface area is 176 Å². The summed E-state index contributed by atoms with van der Waals surface area (Å²) in [6, 6.07) is 12.0. The second-order valence-electron chi connectivity index (χ2n) is 7.22. The largest absolute Gasteiger partial charge is 0.326 e. The fourth-order valence-corrected chi connectivity index (χ4v) is 4.35. The van der Waals surface area contributed by atoms with Crippen LogP contribution in [0, 0.1) is 13.8 Å². The summed E-state index contributed by atoms with van der Waals surface area (Å²) in [6.07, 6.45) is 1.86. The molecule has 2 aromatic rings. The third-order valence-corrected chi connectivity index (χ3v) is 6.06. The first-order chi connectivity index (χ1) is 13.9. The van der Waals surface area contributed by atoms with E-state index in [0.717, 1.165) is 46.5 Å². The van der Waals surface area contributed by atoms with Gasteiger partial charge in [-0.1, -0.05) is 61.5 Å². The Balaban J connectivity index is 1.71. The molecule has 1 fully saturated rings. The van der Waals surface area contributed by atoms with E-state index in [-0.39, 0.29) is 18.2 Å². The molecule has 5 nitrogen and oxygen atoms in total. The molecular weight excluding hydrogens is 382 g/mol. The molecule has 2 amide bonds. The van der Waals surface area contributed by atoms with Crippen molar-refractivity contribution >= 4 is 40.1 Å². The van der Waals surface area contributed by atoms with Crippen molar-refractivity contribution in [3.05, 3.63) is 58.7 Å². The van der Waals surface area contributed by atoms with Crippen molar-refractivity contribution in [2.75, 3.05) is 5.32 Å². The van der Waals surface area contributed by atoms with E-state index in [9.17, 15) is 9.59 Å². The van der Waals surface area contributed by atoms with Crippen LogP contribution in [-0.4, -0.2) is 22.2 Å². The van der Waals surface area contributed by atoms with Gasteiger partial charge < -0.3 is 10.6 Å². The number of nitrogens with one attached hydrogen (secondary N) is 2. The number of amidine groups is 1. The summed E-state index contributed by atoms with van der Waals surface area (Å²) in [7, 11) is 0.